The predicted molar refractivity (Wildman–Crippen MR) is 122 cm³/mol. The topological polar surface area (TPSA) is 41.0 Å². The predicted octanol–water partition coefficient (Wildman–Crippen LogP) is 4.86. The number of hydrogen-bond donors (Lipinski definition) is 1. The van der Waals surface area contributed by atoms with Crippen LogP contribution in [0.3, 0.4) is 0 Å². The lowest BCUT2D eigenvalue weighted by molar-refractivity contribution is 0.390. The van der Waals surface area contributed by atoms with Crippen LogP contribution in [0.15, 0.2) is 41.5 Å². The normalized spacial score (nSPS) is 13.5. The van der Waals surface area contributed by atoms with E-state index in [0.29, 0.717) is 0 Å². The molecular weight excluding hydrogens is 358 g/mol. The molecule has 0 bridgehead atoms. The van der Waals surface area contributed by atoms with Crippen molar-refractivity contribution in [3.8, 4) is 0 Å². The number of unbranched alkanes of at least 4 members (excludes halogenated alkanes) is 3. The molecule has 3 heterocycles. The third kappa shape index (κ3) is 3.06. The maximum absolute atomic E-state index is 13.7. The highest BCUT2D eigenvalue weighted by Crippen LogP contribution is 2.33. The number of aryl methyl sites for hydroxylation is 3. The summed E-state index contributed by atoms with van der Waals surface area (Å²) in [7, 11) is 4.26. The van der Waals surface area contributed by atoms with Crippen molar-refractivity contribution in [2.24, 2.45) is 0 Å². The second-order valence-corrected chi connectivity index (χ2v) is 8.72. The third-order valence-corrected chi connectivity index (χ3v) is 6.49. The molecule has 0 atom stereocenters. The zero-order valence-corrected chi connectivity index (χ0v) is 17.4. The molecule has 29 heavy (non-hydrogen) atoms. The average Bonchev–Trinajstić information content (AvgIpc) is 3.35. The summed E-state index contributed by atoms with van der Waals surface area (Å²) in [6, 6.07) is 8.72. The van der Waals surface area contributed by atoms with Gasteiger partial charge in [-0.2, -0.15) is 0 Å². The Kier molecular flexibility index (Phi) is 4.67. The number of fused-ring (bicyclic) bond motifs is 4. The van der Waals surface area contributed by atoms with E-state index in [2.05, 4.69) is 52.8 Å². The van der Waals surface area contributed by atoms with E-state index in [1.54, 1.807) is 0 Å². The van der Waals surface area contributed by atoms with Crippen molar-refractivity contribution in [2.75, 3.05) is 20.6 Å². The highest BCUT2D eigenvalue weighted by molar-refractivity contribution is 6.10. The molecule has 4 nitrogen and oxygen atoms in total. The zero-order valence-electron chi connectivity index (χ0n) is 17.4. The number of hydrogen-bond acceptors (Lipinski definition) is 2. The Bertz CT molecular complexity index is 1260. The zero-order chi connectivity index (χ0) is 20.0. The van der Waals surface area contributed by atoms with Gasteiger partial charge < -0.3 is 14.5 Å². The summed E-state index contributed by atoms with van der Waals surface area (Å²) >= 11 is 0. The van der Waals surface area contributed by atoms with Gasteiger partial charge in [-0.1, -0.05) is 31.0 Å². The van der Waals surface area contributed by atoms with E-state index >= 15 is 0 Å². The fourth-order valence-electron chi connectivity index (χ4n) is 5.04. The molecule has 0 amide bonds. The number of benzene rings is 2. The SMILES string of the molecule is CN(C)CCCCCCc1ccc2c3c1c(=O)c1c4c[nH]cc4ccc1n3CC2. The van der Waals surface area contributed by atoms with Crippen molar-refractivity contribution in [2.45, 2.75) is 45.1 Å². The summed E-state index contributed by atoms with van der Waals surface area (Å²) in [5.74, 6) is 0. The van der Waals surface area contributed by atoms with E-state index in [4.69, 9.17) is 0 Å². The molecule has 1 aliphatic rings. The van der Waals surface area contributed by atoms with Crippen LogP contribution in [0.25, 0.3) is 32.6 Å². The number of H-pyrrole nitrogens is 1. The summed E-state index contributed by atoms with van der Waals surface area (Å²) in [6.07, 6.45) is 10.8. The standard InChI is InChI=1S/C25H29N3O/c1-27(2)13-6-4-3-5-7-17-8-9-18-12-14-28-21-11-10-19-15-26-16-20(19)23(21)25(29)22(17)24(18)28/h8-11,15-16,26H,3-7,12-14H2,1-2H3. The Labute approximate surface area is 171 Å². The van der Waals surface area contributed by atoms with Gasteiger partial charge in [0.15, 0.2) is 5.43 Å². The largest absolute Gasteiger partial charge is 0.366 e. The minimum atomic E-state index is 0.211. The minimum absolute atomic E-state index is 0.211. The number of rotatable bonds is 7. The van der Waals surface area contributed by atoms with Gasteiger partial charge in [0.2, 0.25) is 0 Å². The molecule has 0 fully saturated rings. The van der Waals surface area contributed by atoms with Crippen molar-refractivity contribution in [3.05, 3.63) is 58.0 Å². The van der Waals surface area contributed by atoms with Crippen LogP contribution in [0.2, 0.25) is 0 Å². The molecule has 1 N–H and O–H groups in total. The summed E-state index contributed by atoms with van der Waals surface area (Å²) in [4.78, 5) is 19.2. The van der Waals surface area contributed by atoms with E-state index in [0.717, 1.165) is 59.4 Å². The molecule has 2 aromatic heterocycles. The van der Waals surface area contributed by atoms with Crippen molar-refractivity contribution in [1.82, 2.24) is 14.5 Å². The van der Waals surface area contributed by atoms with Gasteiger partial charge in [0.05, 0.1) is 16.4 Å². The van der Waals surface area contributed by atoms with Gasteiger partial charge in [0, 0.05) is 29.7 Å². The minimum Gasteiger partial charge on any atom is -0.366 e. The molecule has 0 unspecified atom stereocenters. The van der Waals surface area contributed by atoms with Crippen LogP contribution in [-0.2, 0) is 19.4 Å². The summed E-state index contributed by atoms with van der Waals surface area (Å²) in [6.45, 7) is 2.12. The fraction of sp³-hybridized carbons (Fsp3) is 0.400. The number of pyridine rings is 1. The van der Waals surface area contributed by atoms with Crippen LogP contribution < -0.4 is 5.43 Å². The Morgan fingerprint density at radius 1 is 1.00 bits per heavy atom. The summed E-state index contributed by atoms with van der Waals surface area (Å²) < 4.78 is 2.38. The van der Waals surface area contributed by atoms with Gasteiger partial charge in [0.25, 0.3) is 0 Å². The Hall–Kier alpha value is -2.59. The van der Waals surface area contributed by atoms with Crippen molar-refractivity contribution < 1.29 is 0 Å². The smallest absolute Gasteiger partial charge is 0.198 e. The molecule has 4 heteroatoms. The number of nitrogens with one attached hydrogen (secondary N) is 1. The molecule has 0 aliphatic carbocycles. The van der Waals surface area contributed by atoms with Gasteiger partial charge >= 0.3 is 0 Å². The van der Waals surface area contributed by atoms with Crippen molar-refractivity contribution in [3.63, 3.8) is 0 Å². The van der Waals surface area contributed by atoms with Crippen LogP contribution in [0, 0.1) is 0 Å². The van der Waals surface area contributed by atoms with E-state index in [1.165, 1.54) is 35.9 Å². The molecule has 5 rings (SSSR count). The van der Waals surface area contributed by atoms with Crippen LogP contribution >= 0.6 is 0 Å². The van der Waals surface area contributed by atoms with Crippen LogP contribution in [0.4, 0.5) is 0 Å². The summed E-state index contributed by atoms with van der Waals surface area (Å²) in [5.41, 5.74) is 5.02. The highest BCUT2D eigenvalue weighted by atomic mass is 16.1. The molecule has 150 valence electrons. The third-order valence-electron chi connectivity index (χ3n) is 6.49. The lowest BCUT2D eigenvalue weighted by Gasteiger charge is -2.14. The molecule has 4 aromatic rings. The second-order valence-electron chi connectivity index (χ2n) is 8.72. The van der Waals surface area contributed by atoms with E-state index in [9.17, 15) is 4.79 Å². The van der Waals surface area contributed by atoms with Crippen molar-refractivity contribution >= 4 is 32.6 Å². The van der Waals surface area contributed by atoms with E-state index in [-0.39, 0.29) is 5.43 Å². The maximum atomic E-state index is 13.7. The quantitative estimate of drug-likeness (QED) is 0.363. The van der Waals surface area contributed by atoms with Crippen molar-refractivity contribution in [1.29, 1.82) is 0 Å². The molecular formula is C25H29N3O. The van der Waals surface area contributed by atoms with Gasteiger partial charge in [-0.05, 0) is 68.9 Å². The molecule has 0 spiro atoms. The fourth-order valence-corrected chi connectivity index (χ4v) is 5.04. The first kappa shape index (κ1) is 18.4. The van der Waals surface area contributed by atoms with Crippen LogP contribution in [0.1, 0.15) is 36.8 Å². The van der Waals surface area contributed by atoms with Crippen LogP contribution in [0.5, 0.6) is 0 Å². The first-order valence-corrected chi connectivity index (χ1v) is 10.9. The molecule has 0 saturated carbocycles. The monoisotopic (exact) mass is 387 g/mol. The van der Waals surface area contributed by atoms with E-state index < -0.39 is 0 Å². The molecule has 0 radical (unpaired) electrons. The molecule has 0 saturated heterocycles. The lowest BCUT2D eigenvalue weighted by Crippen LogP contribution is -2.12. The number of aromatic amines is 1. The number of aromatic nitrogens is 2. The average molecular weight is 388 g/mol. The second kappa shape index (κ2) is 7.34. The molecule has 1 aliphatic heterocycles. The Balaban J connectivity index is 1.57. The molecule has 2 aromatic carbocycles. The van der Waals surface area contributed by atoms with E-state index in [1.807, 2.05) is 12.4 Å². The van der Waals surface area contributed by atoms with Gasteiger partial charge in [0.1, 0.15) is 0 Å². The lowest BCUT2D eigenvalue weighted by atomic mass is 9.96. The first-order valence-electron chi connectivity index (χ1n) is 10.9. The first-order chi connectivity index (χ1) is 14.1. The van der Waals surface area contributed by atoms with Gasteiger partial charge in [-0.25, -0.2) is 0 Å². The Morgan fingerprint density at radius 3 is 2.72 bits per heavy atom. The van der Waals surface area contributed by atoms with Gasteiger partial charge in [-0.15, -0.1) is 0 Å². The summed E-state index contributed by atoms with van der Waals surface area (Å²) in [5, 5.41) is 4.00. The highest BCUT2D eigenvalue weighted by Gasteiger charge is 2.22. The number of nitrogens with zero attached hydrogens (tertiary/aromatic N) is 2. The van der Waals surface area contributed by atoms with Crippen LogP contribution in [-0.4, -0.2) is 35.1 Å². The Morgan fingerprint density at radius 2 is 1.86 bits per heavy atom. The maximum Gasteiger partial charge on any atom is 0.198 e. The van der Waals surface area contributed by atoms with Gasteiger partial charge in [-0.3, -0.25) is 4.79 Å².